The van der Waals surface area contributed by atoms with Gasteiger partial charge in [-0.1, -0.05) is 142 Å². The van der Waals surface area contributed by atoms with Gasteiger partial charge >= 0.3 is 0 Å². The fraction of sp³-hybridized carbons (Fsp3) is 0.400. The van der Waals surface area contributed by atoms with E-state index in [1.807, 2.05) is 0 Å². The Morgan fingerprint density at radius 2 is 0.750 bits per heavy atom. The van der Waals surface area contributed by atoms with E-state index < -0.39 is 0 Å². The summed E-state index contributed by atoms with van der Waals surface area (Å²) in [7, 11) is 0. The van der Waals surface area contributed by atoms with Crippen LogP contribution in [0.3, 0.4) is 0 Å². The molecule has 0 aliphatic heterocycles. The van der Waals surface area contributed by atoms with Gasteiger partial charge in [-0.3, -0.25) is 0 Å². The van der Waals surface area contributed by atoms with Gasteiger partial charge in [0, 0.05) is 13.8 Å². The van der Waals surface area contributed by atoms with Crippen molar-refractivity contribution in [2.45, 2.75) is 69.6 Å². The molecule has 3 rings (SSSR count). The highest BCUT2D eigenvalue weighted by molar-refractivity contribution is 5.75. The fourth-order valence-electron chi connectivity index (χ4n) is 4.87. The zero-order chi connectivity index (χ0) is 21.6. The minimum atomic E-state index is -0.0913. The number of nitrogens with two attached hydrogens (primary N) is 1. The summed E-state index contributed by atoms with van der Waals surface area (Å²) >= 11 is 0. The molecule has 0 atom stereocenters. The maximum Gasteiger partial charge on any atom is 0.0451 e. The SMILES string of the molecule is NCCCCCCCCCCCC(c1ccccc1)(c1ccccc1)c1ccccc1.[B]. The Labute approximate surface area is 198 Å². The number of hydrogen-bond acceptors (Lipinski definition) is 1. The van der Waals surface area contributed by atoms with Crippen LogP contribution in [0, 0.1) is 0 Å². The first-order chi connectivity index (χ1) is 15.4. The summed E-state index contributed by atoms with van der Waals surface area (Å²) in [5, 5.41) is 0. The first-order valence-corrected chi connectivity index (χ1v) is 12.2. The largest absolute Gasteiger partial charge is 0.330 e. The molecule has 1 nitrogen and oxygen atoms in total. The van der Waals surface area contributed by atoms with Crippen LogP contribution in [0.25, 0.3) is 0 Å². The van der Waals surface area contributed by atoms with Crippen LogP contribution in [0.2, 0.25) is 0 Å². The normalized spacial score (nSPS) is 11.2. The van der Waals surface area contributed by atoms with Crippen molar-refractivity contribution in [2.24, 2.45) is 5.73 Å². The Morgan fingerprint density at radius 3 is 1.09 bits per heavy atom. The fourth-order valence-corrected chi connectivity index (χ4v) is 4.87. The van der Waals surface area contributed by atoms with Crippen LogP contribution in [0.15, 0.2) is 91.0 Å². The quantitative estimate of drug-likeness (QED) is 0.162. The van der Waals surface area contributed by atoms with Gasteiger partial charge in [0.25, 0.3) is 0 Å². The van der Waals surface area contributed by atoms with Crippen LogP contribution >= 0.6 is 0 Å². The van der Waals surface area contributed by atoms with Crippen LogP contribution in [-0.4, -0.2) is 15.0 Å². The van der Waals surface area contributed by atoms with Crippen LogP contribution in [0.1, 0.15) is 80.9 Å². The van der Waals surface area contributed by atoms with E-state index in [2.05, 4.69) is 91.0 Å². The van der Waals surface area contributed by atoms with Crippen molar-refractivity contribution in [2.75, 3.05) is 6.54 Å². The summed E-state index contributed by atoms with van der Waals surface area (Å²) < 4.78 is 0. The van der Waals surface area contributed by atoms with Crippen molar-refractivity contribution in [3.05, 3.63) is 108 Å². The summed E-state index contributed by atoms with van der Waals surface area (Å²) in [5.74, 6) is 0. The highest BCUT2D eigenvalue weighted by atomic mass is 14.5. The van der Waals surface area contributed by atoms with Crippen molar-refractivity contribution in [3.63, 3.8) is 0 Å². The van der Waals surface area contributed by atoms with E-state index in [9.17, 15) is 0 Å². The number of benzene rings is 3. The lowest BCUT2D eigenvalue weighted by Gasteiger charge is -2.36. The average molecular weight is 424 g/mol. The molecule has 0 saturated carbocycles. The van der Waals surface area contributed by atoms with Gasteiger partial charge in [0.1, 0.15) is 0 Å². The van der Waals surface area contributed by atoms with Crippen LogP contribution in [0.4, 0.5) is 0 Å². The molecule has 0 spiro atoms. The molecule has 32 heavy (non-hydrogen) atoms. The molecule has 0 bridgehead atoms. The van der Waals surface area contributed by atoms with Gasteiger partial charge < -0.3 is 5.73 Å². The zero-order valence-electron chi connectivity index (χ0n) is 19.6. The Bertz CT molecular complexity index is 736. The molecule has 3 aromatic carbocycles. The van der Waals surface area contributed by atoms with Gasteiger partial charge in [-0.15, -0.1) is 0 Å². The smallest absolute Gasteiger partial charge is 0.0451 e. The molecule has 2 heteroatoms. The molecule has 0 aliphatic carbocycles. The zero-order valence-corrected chi connectivity index (χ0v) is 19.6. The van der Waals surface area contributed by atoms with Crippen LogP contribution in [0.5, 0.6) is 0 Å². The molecular weight excluding hydrogens is 385 g/mol. The van der Waals surface area contributed by atoms with E-state index in [0.717, 1.165) is 13.0 Å². The third-order valence-corrected chi connectivity index (χ3v) is 6.56. The van der Waals surface area contributed by atoms with E-state index in [0.29, 0.717) is 0 Å². The second-order valence-electron chi connectivity index (χ2n) is 8.72. The molecule has 3 aromatic rings. The number of rotatable bonds is 14. The van der Waals surface area contributed by atoms with Gasteiger partial charge in [0.15, 0.2) is 0 Å². The minimum Gasteiger partial charge on any atom is -0.330 e. The van der Waals surface area contributed by atoms with Gasteiger partial charge in [-0.25, -0.2) is 0 Å². The molecule has 0 fully saturated rings. The molecule has 0 amide bonds. The topological polar surface area (TPSA) is 26.0 Å². The van der Waals surface area contributed by atoms with Crippen molar-refractivity contribution in [1.29, 1.82) is 0 Å². The molecule has 0 saturated heterocycles. The van der Waals surface area contributed by atoms with Crippen LogP contribution < -0.4 is 5.73 Å². The van der Waals surface area contributed by atoms with Crippen molar-refractivity contribution >= 4 is 8.41 Å². The summed E-state index contributed by atoms with van der Waals surface area (Å²) in [6.07, 6.45) is 12.9. The highest BCUT2D eigenvalue weighted by Crippen LogP contribution is 2.43. The van der Waals surface area contributed by atoms with E-state index >= 15 is 0 Å². The van der Waals surface area contributed by atoms with E-state index in [4.69, 9.17) is 5.73 Å². The summed E-state index contributed by atoms with van der Waals surface area (Å²) in [4.78, 5) is 0. The lowest BCUT2D eigenvalue weighted by molar-refractivity contribution is 0.493. The molecule has 3 radical (unpaired) electrons. The van der Waals surface area contributed by atoms with Crippen LogP contribution in [-0.2, 0) is 5.41 Å². The summed E-state index contributed by atoms with van der Waals surface area (Å²) in [6.45, 7) is 0.839. The molecule has 0 aliphatic rings. The summed E-state index contributed by atoms with van der Waals surface area (Å²) in [6, 6.07) is 33.3. The molecule has 0 heterocycles. The monoisotopic (exact) mass is 424 g/mol. The Kier molecular flexibility index (Phi) is 11.9. The number of unbranched alkanes of at least 4 members (excludes halogenated alkanes) is 8. The third-order valence-electron chi connectivity index (χ3n) is 6.56. The van der Waals surface area contributed by atoms with Gasteiger partial charge in [-0.05, 0) is 36.1 Å². The first-order valence-electron chi connectivity index (χ1n) is 12.2. The lowest BCUT2D eigenvalue weighted by Crippen LogP contribution is -2.29. The standard InChI is InChI=1S/C30H39N.B/c31-26-18-7-5-3-1-2-4-6-17-25-30(27-19-11-8-12-20-27,28-21-13-9-14-22-28)29-23-15-10-16-24-29;/h8-16,19-24H,1-7,17-18,25-26,31H2;. The second-order valence-corrected chi connectivity index (χ2v) is 8.72. The van der Waals surface area contributed by atoms with Gasteiger partial charge in [-0.2, -0.15) is 0 Å². The third kappa shape index (κ3) is 7.10. The Morgan fingerprint density at radius 1 is 0.438 bits per heavy atom. The Balaban J connectivity index is 0.00000363. The van der Waals surface area contributed by atoms with Gasteiger partial charge in [0.05, 0.1) is 0 Å². The molecule has 167 valence electrons. The first kappa shape index (κ1) is 25.9. The van der Waals surface area contributed by atoms with E-state index in [1.54, 1.807) is 0 Å². The predicted octanol–water partition coefficient (Wildman–Crippen LogP) is 7.50. The molecule has 2 N–H and O–H groups in total. The van der Waals surface area contributed by atoms with Gasteiger partial charge in [0.2, 0.25) is 0 Å². The second kappa shape index (κ2) is 14.7. The molecule has 0 unspecified atom stereocenters. The molecular formula is C30H39BN. The van der Waals surface area contributed by atoms with Crippen molar-refractivity contribution in [1.82, 2.24) is 0 Å². The predicted molar refractivity (Wildman–Crippen MR) is 140 cm³/mol. The Hall–Kier alpha value is -2.32. The highest BCUT2D eigenvalue weighted by Gasteiger charge is 2.35. The lowest BCUT2D eigenvalue weighted by atomic mass is 9.66. The van der Waals surface area contributed by atoms with E-state index in [-0.39, 0.29) is 13.8 Å². The van der Waals surface area contributed by atoms with Crippen molar-refractivity contribution in [3.8, 4) is 0 Å². The van der Waals surface area contributed by atoms with Crippen molar-refractivity contribution < 1.29 is 0 Å². The maximum atomic E-state index is 5.59. The summed E-state index contributed by atoms with van der Waals surface area (Å²) in [5.41, 5.74) is 9.68. The minimum absolute atomic E-state index is 0. The molecule has 0 aromatic heterocycles. The number of hydrogen-bond donors (Lipinski definition) is 1. The maximum absolute atomic E-state index is 5.59. The van der Waals surface area contributed by atoms with E-state index in [1.165, 1.54) is 74.5 Å². The average Bonchev–Trinajstić information content (AvgIpc) is 2.84.